The molecule has 0 aliphatic carbocycles. The molecule has 1 heterocycles. The molecule has 0 fully saturated rings. The molecule has 1 aromatic rings. The molecule has 0 unspecified atom stereocenters. The average molecular weight is 425 g/mol. The van der Waals surface area contributed by atoms with Gasteiger partial charge in [-0.2, -0.15) is 0 Å². The molecule has 0 amide bonds. The number of rotatable bonds is 16. The van der Waals surface area contributed by atoms with E-state index in [4.69, 9.17) is 9.84 Å². The summed E-state index contributed by atoms with van der Waals surface area (Å²) in [5.41, 5.74) is -0.357. The summed E-state index contributed by atoms with van der Waals surface area (Å²) < 4.78 is 8.38. The highest BCUT2D eigenvalue weighted by Gasteiger charge is 2.21. The number of aromatic hydroxyl groups is 1. The summed E-state index contributed by atoms with van der Waals surface area (Å²) in [6.07, 6.45) is 9.67. The Balaban J connectivity index is 2.16. The van der Waals surface area contributed by atoms with Crippen LogP contribution in [0.3, 0.4) is 0 Å². The number of hydrogen-bond donors (Lipinski definition) is 2. The van der Waals surface area contributed by atoms with Crippen molar-refractivity contribution in [1.82, 2.24) is 9.13 Å². The Labute approximate surface area is 180 Å². The second-order valence-corrected chi connectivity index (χ2v) is 9.69. The third kappa shape index (κ3) is 9.65. The van der Waals surface area contributed by atoms with Crippen LogP contribution in [0.25, 0.3) is 6.20 Å². The minimum atomic E-state index is -0.738. The molecule has 0 saturated carbocycles. The minimum absolute atomic E-state index is 0.0320. The first-order valence-corrected chi connectivity index (χ1v) is 10.9. The van der Waals surface area contributed by atoms with Crippen molar-refractivity contribution < 1.29 is 19.7 Å². The van der Waals surface area contributed by atoms with E-state index in [9.17, 15) is 14.7 Å². The summed E-state index contributed by atoms with van der Waals surface area (Å²) in [6.45, 7) is 13.8. The van der Waals surface area contributed by atoms with Crippen LogP contribution in [-0.2, 0) is 16.1 Å². The molecular formula is C23H40N2O5. The van der Waals surface area contributed by atoms with Crippen LogP contribution < -0.4 is 5.69 Å². The highest BCUT2D eigenvalue weighted by Crippen LogP contribution is 2.29. The number of unbranched alkanes of at least 4 members (excludes halogenated alkanes) is 2. The third-order valence-corrected chi connectivity index (χ3v) is 5.61. The number of carboxylic acid groups (broad SMARTS) is 1. The largest absolute Gasteiger partial charge is 0.493 e. The highest BCUT2D eigenvalue weighted by atomic mass is 16.5. The van der Waals surface area contributed by atoms with Crippen LogP contribution >= 0.6 is 0 Å². The van der Waals surface area contributed by atoms with E-state index in [0.29, 0.717) is 6.54 Å². The zero-order valence-corrected chi connectivity index (χ0v) is 19.2. The zero-order valence-electron chi connectivity index (χ0n) is 19.2. The van der Waals surface area contributed by atoms with Crippen LogP contribution in [0.4, 0.5) is 0 Å². The average Bonchev–Trinajstić information content (AvgIpc) is 2.90. The van der Waals surface area contributed by atoms with Crippen LogP contribution in [0.2, 0.25) is 0 Å². The first kappa shape index (κ1) is 26.0. The zero-order chi connectivity index (χ0) is 22.8. The molecular weight excluding hydrogens is 384 g/mol. The maximum absolute atomic E-state index is 12.1. The van der Waals surface area contributed by atoms with Crippen molar-refractivity contribution in [3.63, 3.8) is 0 Å². The van der Waals surface area contributed by atoms with E-state index >= 15 is 0 Å². The molecule has 0 bridgehead atoms. The number of carbonyl (C=O) groups is 1. The van der Waals surface area contributed by atoms with Gasteiger partial charge in [-0.15, -0.1) is 0 Å². The van der Waals surface area contributed by atoms with Crippen LogP contribution in [0.15, 0.2) is 17.6 Å². The fourth-order valence-corrected chi connectivity index (χ4v) is 3.58. The minimum Gasteiger partial charge on any atom is -0.493 e. The molecule has 0 radical (unpaired) electrons. The number of aromatic nitrogens is 2. The highest BCUT2D eigenvalue weighted by molar-refractivity contribution is 5.67. The molecule has 0 saturated heterocycles. The van der Waals surface area contributed by atoms with Gasteiger partial charge in [-0.1, -0.05) is 47.1 Å². The van der Waals surface area contributed by atoms with Gasteiger partial charge in [0.1, 0.15) is 0 Å². The van der Waals surface area contributed by atoms with Crippen LogP contribution in [0.1, 0.15) is 79.1 Å². The van der Waals surface area contributed by atoms with Crippen molar-refractivity contribution in [1.29, 1.82) is 0 Å². The molecule has 0 aliphatic heterocycles. The summed E-state index contributed by atoms with van der Waals surface area (Å²) in [7, 11) is 0. The van der Waals surface area contributed by atoms with Crippen molar-refractivity contribution in [2.24, 2.45) is 10.8 Å². The Hall–Kier alpha value is -2.02. The first-order chi connectivity index (χ1) is 14.0. The van der Waals surface area contributed by atoms with Gasteiger partial charge in [0.05, 0.1) is 12.6 Å². The number of hydrogen-bond acceptors (Lipinski definition) is 4. The van der Waals surface area contributed by atoms with Crippen LogP contribution in [-0.4, -0.2) is 38.5 Å². The smallest absolute Gasteiger partial charge is 0.335 e. The lowest BCUT2D eigenvalue weighted by Crippen LogP contribution is -2.24. The van der Waals surface area contributed by atoms with Gasteiger partial charge in [-0.3, -0.25) is 13.9 Å². The number of aliphatic carboxylic acids is 1. The molecule has 7 heteroatoms. The number of imidazole rings is 1. The molecule has 0 atom stereocenters. The first-order valence-electron chi connectivity index (χ1n) is 10.9. The van der Waals surface area contributed by atoms with Gasteiger partial charge in [0.15, 0.2) is 0 Å². The second kappa shape index (κ2) is 12.0. The fourth-order valence-electron chi connectivity index (χ4n) is 3.58. The second-order valence-electron chi connectivity index (χ2n) is 9.69. The molecule has 0 spiro atoms. The maximum atomic E-state index is 12.1. The van der Waals surface area contributed by atoms with Gasteiger partial charge < -0.3 is 14.9 Å². The van der Waals surface area contributed by atoms with Crippen molar-refractivity contribution in [3.8, 4) is 5.88 Å². The standard InChI is InChI=1S/C23H40N2O5/c1-6-24-18-19(26)25(21(24)29)14-13-22(2,3)11-7-9-15-30-16-10-8-12-23(4,5)17-20(27)28/h6,18,26H,1,7-17H2,2-5H3,(H,27,28). The molecule has 7 nitrogen and oxygen atoms in total. The van der Waals surface area contributed by atoms with Gasteiger partial charge in [0.2, 0.25) is 5.88 Å². The summed E-state index contributed by atoms with van der Waals surface area (Å²) in [6, 6.07) is 0. The lowest BCUT2D eigenvalue weighted by Gasteiger charge is -2.24. The topological polar surface area (TPSA) is 93.7 Å². The Morgan fingerprint density at radius 3 is 2.13 bits per heavy atom. The normalized spacial score (nSPS) is 12.3. The lowest BCUT2D eigenvalue weighted by atomic mass is 9.84. The monoisotopic (exact) mass is 424 g/mol. The van der Waals surface area contributed by atoms with E-state index < -0.39 is 5.97 Å². The Morgan fingerprint density at radius 1 is 1.07 bits per heavy atom. The van der Waals surface area contributed by atoms with E-state index in [1.807, 2.05) is 13.8 Å². The van der Waals surface area contributed by atoms with Gasteiger partial charge in [0, 0.05) is 26.0 Å². The van der Waals surface area contributed by atoms with E-state index in [0.717, 1.165) is 58.2 Å². The molecule has 1 rings (SSSR count). The molecule has 0 aromatic carbocycles. The SMILES string of the molecule is C=Cn1cc(O)n(CCC(C)(C)CCCCOCCCCC(C)(C)CC(=O)O)c1=O. The molecule has 30 heavy (non-hydrogen) atoms. The number of carboxylic acids is 1. The molecule has 0 aliphatic rings. The predicted octanol–water partition coefficient (Wildman–Crippen LogP) is 4.73. The van der Waals surface area contributed by atoms with Crippen molar-refractivity contribution >= 4 is 12.2 Å². The van der Waals surface area contributed by atoms with Gasteiger partial charge in [-0.25, -0.2) is 4.79 Å². The quantitative estimate of drug-likeness (QED) is 0.374. The molecule has 1 aromatic heterocycles. The third-order valence-electron chi connectivity index (χ3n) is 5.61. The summed E-state index contributed by atoms with van der Waals surface area (Å²) in [5.74, 6) is -0.770. The van der Waals surface area contributed by atoms with E-state index in [1.54, 1.807) is 0 Å². The van der Waals surface area contributed by atoms with Crippen molar-refractivity contribution in [2.75, 3.05) is 13.2 Å². The molecule has 172 valence electrons. The van der Waals surface area contributed by atoms with E-state index in [2.05, 4.69) is 20.4 Å². The van der Waals surface area contributed by atoms with Crippen LogP contribution in [0.5, 0.6) is 5.88 Å². The Morgan fingerprint density at radius 2 is 1.63 bits per heavy atom. The van der Waals surface area contributed by atoms with E-state index in [1.165, 1.54) is 21.5 Å². The molecule has 2 N–H and O–H groups in total. The van der Waals surface area contributed by atoms with Gasteiger partial charge in [0.25, 0.3) is 0 Å². The fraction of sp³-hybridized carbons (Fsp3) is 0.739. The van der Waals surface area contributed by atoms with E-state index in [-0.39, 0.29) is 28.8 Å². The van der Waals surface area contributed by atoms with Gasteiger partial charge in [-0.05, 0) is 42.9 Å². The maximum Gasteiger partial charge on any atom is 0.335 e. The summed E-state index contributed by atoms with van der Waals surface area (Å²) in [5, 5.41) is 18.8. The Kier molecular flexibility index (Phi) is 10.4. The van der Waals surface area contributed by atoms with Gasteiger partial charge >= 0.3 is 11.7 Å². The Bertz CT molecular complexity index is 730. The summed E-state index contributed by atoms with van der Waals surface area (Å²) >= 11 is 0. The predicted molar refractivity (Wildman–Crippen MR) is 120 cm³/mol. The number of nitrogens with zero attached hydrogens (tertiary/aromatic N) is 2. The number of ether oxygens (including phenoxy) is 1. The van der Waals surface area contributed by atoms with Crippen LogP contribution in [0, 0.1) is 10.8 Å². The van der Waals surface area contributed by atoms with Crippen molar-refractivity contribution in [2.45, 2.75) is 85.6 Å². The van der Waals surface area contributed by atoms with Crippen molar-refractivity contribution in [3.05, 3.63) is 23.3 Å². The lowest BCUT2D eigenvalue weighted by molar-refractivity contribution is -0.139. The summed E-state index contributed by atoms with van der Waals surface area (Å²) in [4.78, 5) is 22.9.